The quantitative estimate of drug-likeness (QED) is 0.742. The third-order valence-electron chi connectivity index (χ3n) is 2.78. The van der Waals surface area contributed by atoms with Crippen LogP contribution < -0.4 is 0 Å². The van der Waals surface area contributed by atoms with Gasteiger partial charge in [0.1, 0.15) is 11.6 Å². The molecule has 1 aromatic carbocycles. The third-order valence-corrected chi connectivity index (χ3v) is 2.78. The summed E-state index contributed by atoms with van der Waals surface area (Å²) in [6.45, 7) is 5.97. The van der Waals surface area contributed by atoms with E-state index in [2.05, 4.69) is 0 Å². The first kappa shape index (κ1) is 11.9. The highest BCUT2D eigenvalue weighted by atomic mass is 19.1. The molecule has 0 fully saturated rings. The van der Waals surface area contributed by atoms with Crippen LogP contribution in [0.2, 0.25) is 0 Å². The average molecular weight is 208 g/mol. The predicted octanol–water partition coefficient (Wildman–Crippen LogP) is 3.23. The van der Waals surface area contributed by atoms with E-state index < -0.39 is 0 Å². The van der Waals surface area contributed by atoms with Crippen LogP contribution in [0.5, 0.6) is 0 Å². The van der Waals surface area contributed by atoms with E-state index in [9.17, 15) is 9.18 Å². The zero-order valence-electron chi connectivity index (χ0n) is 9.46. The molecule has 0 aliphatic carbocycles. The Bertz CT molecular complexity index is 344. The van der Waals surface area contributed by atoms with E-state index >= 15 is 0 Å². The Morgan fingerprint density at radius 2 is 2.00 bits per heavy atom. The Morgan fingerprint density at radius 1 is 1.33 bits per heavy atom. The minimum absolute atomic E-state index is 0.0354. The number of carbonyl (C=O) groups excluding carboxylic acids is 1. The fourth-order valence-corrected chi connectivity index (χ4v) is 1.38. The lowest BCUT2D eigenvalue weighted by Gasteiger charge is -2.13. The molecule has 0 N–H and O–H groups in total. The molecular weight excluding hydrogens is 191 g/mol. The van der Waals surface area contributed by atoms with E-state index in [0.29, 0.717) is 12.3 Å². The molecule has 1 unspecified atom stereocenters. The number of hydrogen-bond donors (Lipinski definition) is 0. The first-order chi connectivity index (χ1) is 7.00. The molecule has 0 amide bonds. The second-order valence-electron chi connectivity index (χ2n) is 4.31. The largest absolute Gasteiger partial charge is 0.299 e. The molecular formula is C13H17FO. The minimum Gasteiger partial charge on any atom is -0.299 e. The van der Waals surface area contributed by atoms with E-state index in [-0.39, 0.29) is 17.5 Å². The summed E-state index contributed by atoms with van der Waals surface area (Å²) in [6.07, 6.45) is 0.330. The lowest BCUT2D eigenvalue weighted by molar-refractivity contribution is -0.122. The molecule has 1 atom stereocenters. The van der Waals surface area contributed by atoms with E-state index in [1.54, 1.807) is 12.1 Å². The van der Waals surface area contributed by atoms with Crippen LogP contribution in [-0.2, 0) is 11.2 Å². The number of carbonyl (C=O) groups is 1. The number of Topliss-reactive ketones (excluding diaryl/α,β-unsaturated/α-hetero) is 1. The summed E-state index contributed by atoms with van der Waals surface area (Å²) in [5.41, 5.74) is 0.757. The normalized spacial score (nSPS) is 12.9. The van der Waals surface area contributed by atoms with Crippen molar-refractivity contribution in [1.82, 2.24) is 0 Å². The smallest absolute Gasteiger partial charge is 0.140 e. The van der Waals surface area contributed by atoms with Crippen LogP contribution in [0, 0.1) is 17.7 Å². The van der Waals surface area contributed by atoms with Crippen LogP contribution >= 0.6 is 0 Å². The van der Waals surface area contributed by atoms with Gasteiger partial charge in [0.15, 0.2) is 0 Å². The van der Waals surface area contributed by atoms with Crippen molar-refractivity contribution in [2.75, 3.05) is 0 Å². The molecule has 0 spiro atoms. The monoisotopic (exact) mass is 208 g/mol. The molecule has 0 saturated carbocycles. The lowest BCUT2D eigenvalue weighted by Crippen LogP contribution is -2.18. The standard InChI is InChI=1S/C13H17FO/c1-9(2)10(3)13(15)8-11-5-4-6-12(14)7-11/h4-7,9-10H,8H2,1-3H3. The molecule has 15 heavy (non-hydrogen) atoms. The summed E-state index contributed by atoms with van der Waals surface area (Å²) in [7, 11) is 0. The molecule has 0 radical (unpaired) electrons. The van der Waals surface area contributed by atoms with Crippen molar-refractivity contribution < 1.29 is 9.18 Å². The lowest BCUT2D eigenvalue weighted by atomic mass is 9.90. The Morgan fingerprint density at radius 3 is 2.53 bits per heavy atom. The highest BCUT2D eigenvalue weighted by Crippen LogP contribution is 2.14. The summed E-state index contributed by atoms with van der Waals surface area (Å²) < 4.78 is 12.9. The van der Waals surface area contributed by atoms with Gasteiger partial charge in [0.2, 0.25) is 0 Å². The summed E-state index contributed by atoms with van der Waals surface area (Å²) in [6, 6.07) is 6.23. The number of ketones is 1. The molecule has 1 nitrogen and oxygen atoms in total. The van der Waals surface area contributed by atoms with Gasteiger partial charge in [0.05, 0.1) is 0 Å². The maximum atomic E-state index is 12.9. The van der Waals surface area contributed by atoms with Gasteiger partial charge in [-0.2, -0.15) is 0 Å². The minimum atomic E-state index is -0.280. The molecule has 0 aliphatic heterocycles. The zero-order chi connectivity index (χ0) is 11.4. The topological polar surface area (TPSA) is 17.1 Å². The summed E-state index contributed by atoms with van der Waals surface area (Å²) in [5.74, 6) is 0.271. The number of rotatable bonds is 4. The molecule has 0 heterocycles. The molecule has 0 saturated heterocycles. The summed E-state index contributed by atoms with van der Waals surface area (Å²) >= 11 is 0. The third kappa shape index (κ3) is 3.46. The highest BCUT2D eigenvalue weighted by Gasteiger charge is 2.16. The molecule has 82 valence electrons. The van der Waals surface area contributed by atoms with Gasteiger partial charge in [0.25, 0.3) is 0 Å². The first-order valence-corrected chi connectivity index (χ1v) is 5.28. The second kappa shape index (κ2) is 5.06. The van der Waals surface area contributed by atoms with Crippen LogP contribution in [0.3, 0.4) is 0 Å². The van der Waals surface area contributed by atoms with Gasteiger partial charge in [-0.1, -0.05) is 32.9 Å². The van der Waals surface area contributed by atoms with Gasteiger partial charge in [-0.15, -0.1) is 0 Å². The number of halogens is 1. The number of hydrogen-bond acceptors (Lipinski definition) is 1. The predicted molar refractivity (Wildman–Crippen MR) is 59.1 cm³/mol. The van der Waals surface area contributed by atoms with Crippen molar-refractivity contribution in [1.29, 1.82) is 0 Å². The van der Waals surface area contributed by atoms with E-state index in [0.717, 1.165) is 5.56 Å². The van der Waals surface area contributed by atoms with Crippen LogP contribution in [0.1, 0.15) is 26.3 Å². The Balaban J connectivity index is 2.66. The highest BCUT2D eigenvalue weighted by molar-refractivity contribution is 5.83. The first-order valence-electron chi connectivity index (χ1n) is 5.28. The Labute approximate surface area is 90.3 Å². The van der Waals surface area contributed by atoms with Crippen LogP contribution in [0.25, 0.3) is 0 Å². The fourth-order valence-electron chi connectivity index (χ4n) is 1.38. The maximum Gasteiger partial charge on any atom is 0.140 e. The Kier molecular flexibility index (Phi) is 4.01. The molecule has 2 heteroatoms. The van der Waals surface area contributed by atoms with Crippen molar-refractivity contribution in [2.24, 2.45) is 11.8 Å². The van der Waals surface area contributed by atoms with Gasteiger partial charge < -0.3 is 0 Å². The van der Waals surface area contributed by atoms with E-state index in [1.165, 1.54) is 12.1 Å². The second-order valence-corrected chi connectivity index (χ2v) is 4.31. The molecule has 0 aliphatic rings. The summed E-state index contributed by atoms with van der Waals surface area (Å²) in [5, 5.41) is 0. The molecule has 1 aromatic rings. The van der Waals surface area contributed by atoms with Crippen molar-refractivity contribution >= 4 is 5.78 Å². The number of benzene rings is 1. The van der Waals surface area contributed by atoms with Crippen molar-refractivity contribution in [3.8, 4) is 0 Å². The summed E-state index contributed by atoms with van der Waals surface area (Å²) in [4.78, 5) is 11.7. The maximum absolute atomic E-state index is 12.9. The van der Waals surface area contributed by atoms with Crippen LogP contribution in [0.15, 0.2) is 24.3 Å². The molecule has 0 bridgehead atoms. The zero-order valence-corrected chi connectivity index (χ0v) is 9.46. The van der Waals surface area contributed by atoms with Gasteiger partial charge in [-0.05, 0) is 23.6 Å². The van der Waals surface area contributed by atoms with E-state index in [4.69, 9.17) is 0 Å². The van der Waals surface area contributed by atoms with Gasteiger partial charge in [-0.25, -0.2) is 4.39 Å². The SMILES string of the molecule is CC(C)C(C)C(=O)Cc1cccc(F)c1. The fraction of sp³-hybridized carbons (Fsp3) is 0.462. The van der Waals surface area contributed by atoms with Crippen molar-refractivity contribution in [3.05, 3.63) is 35.6 Å². The van der Waals surface area contributed by atoms with Crippen LogP contribution in [-0.4, -0.2) is 5.78 Å². The van der Waals surface area contributed by atoms with Crippen molar-refractivity contribution in [3.63, 3.8) is 0 Å². The van der Waals surface area contributed by atoms with Gasteiger partial charge in [0, 0.05) is 12.3 Å². The average Bonchev–Trinajstić information content (AvgIpc) is 2.16. The van der Waals surface area contributed by atoms with Gasteiger partial charge >= 0.3 is 0 Å². The Hall–Kier alpha value is -1.18. The molecule has 1 rings (SSSR count). The molecule has 0 aromatic heterocycles. The van der Waals surface area contributed by atoms with E-state index in [1.807, 2.05) is 20.8 Å². The van der Waals surface area contributed by atoms with Gasteiger partial charge in [-0.3, -0.25) is 4.79 Å². The van der Waals surface area contributed by atoms with Crippen LogP contribution in [0.4, 0.5) is 4.39 Å². The van der Waals surface area contributed by atoms with Crippen molar-refractivity contribution in [2.45, 2.75) is 27.2 Å².